The molecule has 0 spiro atoms. The van der Waals surface area contributed by atoms with E-state index in [1.54, 1.807) is 30.3 Å². The molecule has 5 amide bonds. The summed E-state index contributed by atoms with van der Waals surface area (Å²) in [6.45, 7) is 15.5. The largest absolute Gasteiger partial charge is 0.489 e. The number of hydrogen-bond donors (Lipinski definition) is 1. The number of amides is 5. The summed E-state index contributed by atoms with van der Waals surface area (Å²) in [6.07, 6.45) is 0.0523. The number of benzene rings is 3. The first-order valence-corrected chi connectivity index (χ1v) is 20.4. The molecule has 58 heavy (non-hydrogen) atoms. The highest BCUT2D eigenvalue weighted by molar-refractivity contribution is 6.31. The van der Waals surface area contributed by atoms with Gasteiger partial charge in [0.1, 0.15) is 24.0 Å². The van der Waals surface area contributed by atoms with E-state index in [0.717, 1.165) is 73.2 Å². The van der Waals surface area contributed by atoms with E-state index < -0.39 is 29.7 Å². The first-order chi connectivity index (χ1) is 27.6. The second-order valence-corrected chi connectivity index (χ2v) is 18.2. The monoisotopic (exact) mass is 803 g/mol. The molecule has 5 aliphatic heterocycles. The molecule has 1 saturated carbocycles. The average molecular weight is 804 g/mol. The van der Waals surface area contributed by atoms with Crippen molar-refractivity contribution in [3.63, 3.8) is 0 Å². The minimum Gasteiger partial charge on any atom is -0.489 e. The van der Waals surface area contributed by atoms with Crippen LogP contribution in [0.15, 0.2) is 54.6 Å². The van der Waals surface area contributed by atoms with E-state index in [2.05, 4.69) is 65.9 Å². The summed E-state index contributed by atoms with van der Waals surface area (Å²) in [4.78, 5) is 74.5. The Labute approximate surface area is 342 Å². The van der Waals surface area contributed by atoms with E-state index in [1.807, 2.05) is 17.0 Å². The Kier molecular flexibility index (Phi) is 9.09. The Hall–Kier alpha value is -5.45. The Balaban J connectivity index is 0.774. The minimum absolute atomic E-state index is 0.0436. The average Bonchev–Trinajstić information content (AvgIpc) is 3.62. The molecule has 5 heterocycles. The lowest BCUT2D eigenvalue weighted by Gasteiger charge is -2.65. The van der Waals surface area contributed by atoms with Gasteiger partial charge in [-0.15, -0.1) is 0 Å². The fourth-order valence-corrected chi connectivity index (χ4v) is 11.1. The number of halogens is 1. The van der Waals surface area contributed by atoms with Gasteiger partial charge in [-0.3, -0.25) is 39.1 Å². The number of nitrogens with one attached hydrogen (secondary N) is 1. The molecule has 0 radical (unpaired) electrons. The van der Waals surface area contributed by atoms with Gasteiger partial charge >= 0.3 is 0 Å². The van der Waals surface area contributed by atoms with Crippen molar-refractivity contribution in [2.45, 2.75) is 65.3 Å². The van der Waals surface area contributed by atoms with Crippen molar-refractivity contribution in [1.29, 1.82) is 5.26 Å². The van der Waals surface area contributed by atoms with E-state index in [0.29, 0.717) is 39.9 Å². The zero-order valence-electron chi connectivity index (χ0n) is 33.1. The fraction of sp³-hybridized carbons (Fsp3) is 0.455. The summed E-state index contributed by atoms with van der Waals surface area (Å²) in [5.41, 5.74) is 4.16. The maximum Gasteiger partial charge on any atom is 0.262 e. The van der Waals surface area contributed by atoms with Crippen LogP contribution in [-0.2, 0) is 16.1 Å². The Morgan fingerprint density at radius 3 is 2.16 bits per heavy atom. The summed E-state index contributed by atoms with van der Waals surface area (Å²) in [6, 6.07) is 17.8. The molecule has 9 rings (SSSR count). The number of nitriles is 1. The summed E-state index contributed by atoms with van der Waals surface area (Å²) in [5.74, 6) is -0.846. The van der Waals surface area contributed by atoms with E-state index in [4.69, 9.17) is 16.3 Å². The van der Waals surface area contributed by atoms with Gasteiger partial charge in [-0.2, -0.15) is 5.26 Å². The van der Waals surface area contributed by atoms with Gasteiger partial charge in [0, 0.05) is 105 Å². The molecule has 300 valence electrons. The molecule has 1 atom stereocenters. The highest BCUT2D eigenvalue weighted by Crippen LogP contribution is 2.59. The van der Waals surface area contributed by atoms with Crippen molar-refractivity contribution in [1.82, 2.24) is 20.0 Å². The van der Waals surface area contributed by atoms with Gasteiger partial charge in [0.2, 0.25) is 11.8 Å². The number of anilines is 2. The molecule has 0 bridgehead atoms. The second kappa shape index (κ2) is 13.8. The lowest BCUT2D eigenvalue weighted by atomic mass is 9.49. The van der Waals surface area contributed by atoms with Crippen LogP contribution in [0.3, 0.4) is 0 Å². The first kappa shape index (κ1) is 38.1. The van der Waals surface area contributed by atoms with Crippen LogP contribution in [0.5, 0.6) is 5.75 Å². The molecule has 1 aliphatic carbocycles. The number of imide groups is 2. The molecule has 3 aromatic rings. The topological polar surface area (TPSA) is 147 Å². The Bertz CT molecular complexity index is 2310. The van der Waals surface area contributed by atoms with Crippen molar-refractivity contribution in [2.75, 3.05) is 55.6 Å². The zero-order chi connectivity index (χ0) is 40.8. The molecule has 6 aliphatic rings. The molecular formula is C44H46ClN7O6. The van der Waals surface area contributed by atoms with E-state index in [-0.39, 0.29) is 41.7 Å². The molecule has 13 nitrogen and oxygen atoms in total. The third-order valence-electron chi connectivity index (χ3n) is 13.3. The fourth-order valence-electron chi connectivity index (χ4n) is 10.9. The number of carbonyl (C=O) groups excluding carboxylic acids is 5. The predicted molar refractivity (Wildman–Crippen MR) is 216 cm³/mol. The van der Waals surface area contributed by atoms with Gasteiger partial charge in [0.15, 0.2) is 0 Å². The molecular weight excluding hydrogens is 758 g/mol. The van der Waals surface area contributed by atoms with Crippen molar-refractivity contribution in [3.8, 4) is 11.8 Å². The number of fused-ring (bicyclic) bond motifs is 2. The third-order valence-corrected chi connectivity index (χ3v) is 13.6. The lowest BCUT2D eigenvalue weighted by molar-refractivity contribution is -0.199. The van der Waals surface area contributed by atoms with Gasteiger partial charge in [-0.05, 0) is 60.5 Å². The number of rotatable bonds is 8. The second-order valence-electron chi connectivity index (χ2n) is 17.8. The minimum atomic E-state index is -0.976. The summed E-state index contributed by atoms with van der Waals surface area (Å²) in [5, 5.41) is 11.9. The van der Waals surface area contributed by atoms with Crippen LogP contribution in [-0.4, -0.2) is 108 Å². The van der Waals surface area contributed by atoms with Crippen LogP contribution in [0.4, 0.5) is 11.4 Å². The number of piperidine rings is 1. The van der Waals surface area contributed by atoms with E-state index in [1.165, 1.54) is 0 Å². The van der Waals surface area contributed by atoms with Crippen LogP contribution in [0, 0.1) is 28.1 Å². The van der Waals surface area contributed by atoms with E-state index >= 15 is 0 Å². The van der Waals surface area contributed by atoms with Crippen LogP contribution in [0.25, 0.3) is 0 Å². The maximum absolute atomic E-state index is 13.9. The number of nitrogens with zero attached hydrogens (tertiary/aromatic N) is 6. The highest BCUT2D eigenvalue weighted by atomic mass is 35.5. The van der Waals surface area contributed by atoms with Crippen molar-refractivity contribution >= 4 is 52.5 Å². The highest BCUT2D eigenvalue weighted by Gasteiger charge is 2.67. The molecule has 1 N–H and O–H groups in total. The Morgan fingerprint density at radius 2 is 1.48 bits per heavy atom. The molecule has 0 aromatic heterocycles. The zero-order valence-corrected chi connectivity index (χ0v) is 33.8. The Morgan fingerprint density at radius 1 is 0.810 bits per heavy atom. The SMILES string of the molecule is CC1(C)C(Oc2ccc(C#N)c(Cl)c2)C(C)(C)C1N1Cc2cc(N3CCN(CC4CN(c5ccc6c(c5)C(=O)N(C5CCC(=O)NC5=O)C6=O)C4)CC3)ccc2C1=O. The first-order valence-electron chi connectivity index (χ1n) is 20.0. The number of hydrogen-bond acceptors (Lipinski definition) is 10. The number of piperazine rings is 1. The normalized spacial score (nSPS) is 25.2. The number of carbonyl (C=O) groups is 5. The van der Waals surface area contributed by atoms with Crippen LogP contribution < -0.4 is 19.9 Å². The van der Waals surface area contributed by atoms with Gasteiger partial charge in [-0.25, -0.2) is 0 Å². The van der Waals surface area contributed by atoms with Crippen LogP contribution in [0.1, 0.15) is 82.7 Å². The predicted octanol–water partition coefficient (Wildman–Crippen LogP) is 4.71. The van der Waals surface area contributed by atoms with Gasteiger partial charge in [0.05, 0.1) is 21.7 Å². The van der Waals surface area contributed by atoms with Gasteiger partial charge in [-0.1, -0.05) is 39.3 Å². The van der Waals surface area contributed by atoms with Crippen LogP contribution >= 0.6 is 11.6 Å². The molecule has 14 heteroatoms. The maximum atomic E-state index is 13.9. The summed E-state index contributed by atoms with van der Waals surface area (Å²) < 4.78 is 6.49. The van der Waals surface area contributed by atoms with Crippen molar-refractivity contribution < 1.29 is 28.7 Å². The van der Waals surface area contributed by atoms with Gasteiger partial charge < -0.3 is 19.4 Å². The molecule has 3 aromatic carbocycles. The smallest absolute Gasteiger partial charge is 0.262 e. The summed E-state index contributed by atoms with van der Waals surface area (Å²) in [7, 11) is 0. The quantitative estimate of drug-likeness (QED) is 0.318. The van der Waals surface area contributed by atoms with Crippen molar-refractivity contribution in [3.05, 3.63) is 87.4 Å². The molecule has 4 fully saturated rings. The third kappa shape index (κ3) is 6.11. The summed E-state index contributed by atoms with van der Waals surface area (Å²) >= 11 is 6.30. The van der Waals surface area contributed by atoms with E-state index in [9.17, 15) is 29.2 Å². The lowest BCUT2D eigenvalue weighted by Crippen LogP contribution is -2.74. The molecule has 3 saturated heterocycles. The van der Waals surface area contributed by atoms with Crippen LogP contribution in [0.2, 0.25) is 5.02 Å². The number of ether oxygens (including phenoxy) is 1. The van der Waals surface area contributed by atoms with Crippen molar-refractivity contribution in [2.24, 2.45) is 16.7 Å². The molecule has 1 unspecified atom stereocenters. The standard InChI is InChI=1S/C44H46ClN7O6/c1-43(2)41(44(3,4)42(43)58-30-8-5-26(20-46)34(45)19-30)51-24-27-17-28(6-9-31(27)38(51)55)49-15-13-48(14-16-49)21-25-22-50(23-25)29-7-10-32-33(18-29)40(57)52(39(32)56)35-11-12-36(53)47-37(35)54/h5-10,17-19,25,35,41-42H,11-16,21-24H2,1-4H3,(H,47,53,54). The van der Waals surface area contributed by atoms with Gasteiger partial charge in [0.25, 0.3) is 17.7 Å².